The summed E-state index contributed by atoms with van der Waals surface area (Å²) in [7, 11) is 0. The van der Waals surface area contributed by atoms with E-state index in [1.165, 1.54) is 16.2 Å². The number of benzene rings is 2. The fourth-order valence-electron chi connectivity index (χ4n) is 3.68. The van der Waals surface area contributed by atoms with Gasteiger partial charge in [-0.2, -0.15) is 0 Å². The van der Waals surface area contributed by atoms with E-state index in [4.69, 9.17) is 0 Å². The number of para-hydroxylation sites is 1. The number of hydrogen-bond donors (Lipinski definition) is 1. The molecule has 4 rings (SSSR count). The summed E-state index contributed by atoms with van der Waals surface area (Å²) in [4.78, 5) is 28.4. The van der Waals surface area contributed by atoms with Crippen molar-refractivity contribution < 1.29 is 14.7 Å². The smallest absolute Gasteiger partial charge is 0.300 e. The lowest BCUT2D eigenvalue weighted by Crippen LogP contribution is -2.29. The summed E-state index contributed by atoms with van der Waals surface area (Å²) in [6.45, 7) is 3.96. The van der Waals surface area contributed by atoms with Crippen LogP contribution in [0, 0.1) is 6.92 Å². The van der Waals surface area contributed by atoms with Gasteiger partial charge in [-0.15, -0.1) is 11.3 Å². The van der Waals surface area contributed by atoms with Crippen LogP contribution in [0.25, 0.3) is 5.76 Å². The molecule has 2 heterocycles. The molecule has 1 N–H and O–H groups in total. The van der Waals surface area contributed by atoms with Gasteiger partial charge in [0, 0.05) is 16.1 Å². The highest BCUT2D eigenvalue weighted by Gasteiger charge is 2.47. The van der Waals surface area contributed by atoms with Crippen LogP contribution in [0.2, 0.25) is 0 Å². The number of hydrogen-bond acceptors (Lipinski definition) is 4. The van der Waals surface area contributed by atoms with Gasteiger partial charge in [-0.05, 0) is 42.0 Å². The maximum absolute atomic E-state index is 13.0. The number of rotatable bonds is 4. The Bertz CT molecular complexity index is 1100. The minimum atomic E-state index is -0.663. The lowest BCUT2D eigenvalue weighted by atomic mass is 9.98. The highest BCUT2D eigenvalue weighted by Crippen LogP contribution is 2.44. The minimum absolute atomic E-state index is 0.130. The van der Waals surface area contributed by atoms with Crippen LogP contribution in [-0.4, -0.2) is 16.8 Å². The first-order valence-electron chi connectivity index (χ1n) is 9.52. The summed E-state index contributed by atoms with van der Waals surface area (Å²) in [6, 6.07) is 18.0. The van der Waals surface area contributed by atoms with Crippen molar-refractivity contribution in [3.63, 3.8) is 0 Å². The molecule has 1 fully saturated rings. The van der Waals surface area contributed by atoms with E-state index in [1.807, 2.05) is 60.8 Å². The molecule has 146 valence electrons. The van der Waals surface area contributed by atoms with Crippen LogP contribution in [-0.2, 0) is 16.0 Å². The second kappa shape index (κ2) is 7.68. The molecule has 1 saturated heterocycles. The van der Waals surface area contributed by atoms with Gasteiger partial charge in [0.25, 0.3) is 11.7 Å². The fraction of sp³-hybridized carbons (Fsp3) is 0.167. The van der Waals surface area contributed by atoms with Gasteiger partial charge in [-0.25, -0.2) is 0 Å². The van der Waals surface area contributed by atoms with Crippen LogP contribution in [0.5, 0.6) is 0 Å². The molecule has 0 bridgehead atoms. The second-order valence-corrected chi connectivity index (χ2v) is 8.00. The van der Waals surface area contributed by atoms with Crippen molar-refractivity contribution in [3.05, 3.63) is 93.2 Å². The number of Topliss-reactive ketones (excluding diaryl/α,β-unsaturated/α-hetero) is 1. The first-order chi connectivity index (χ1) is 14.0. The largest absolute Gasteiger partial charge is 0.507 e. The Morgan fingerprint density at radius 1 is 1.03 bits per heavy atom. The molecule has 0 saturated carbocycles. The van der Waals surface area contributed by atoms with Crippen LogP contribution < -0.4 is 4.90 Å². The van der Waals surface area contributed by atoms with Gasteiger partial charge in [-0.1, -0.05) is 55.5 Å². The molecule has 0 radical (unpaired) electrons. The van der Waals surface area contributed by atoms with Gasteiger partial charge < -0.3 is 5.11 Å². The molecule has 5 heteroatoms. The molecule has 3 aromatic rings. The quantitative estimate of drug-likeness (QED) is 0.368. The number of thiophene rings is 1. The highest BCUT2D eigenvalue weighted by molar-refractivity contribution is 7.10. The third kappa shape index (κ3) is 3.28. The number of aliphatic hydroxyl groups excluding tert-OH is 1. The molecule has 1 aliphatic rings. The number of amides is 1. The number of anilines is 1. The monoisotopic (exact) mass is 403 g/mol. The Morgan fingerprint density at radius 3 is 2.38 bits per heavy atom. The Balaban J connectivity index is 1.91. The molecule has 0 aliphatic carbocycles. The predicted molar refractivity (Wildman–Crippen MR) is 116 cm³/mol. The highest BCUT2D eigenvalue weighted by atomic mass is 32.1. The van der Waals surface area contributed by atoms with Crippen molar-refractivity contribution in [3.8, 4) is 0 Å². The van der Waals surface area contributed by atoms with Gasteiger partial charge in [0.1, 0.15) is 11.8 Å². The summed E-state index contributed by atoms with van der Waals surface area (Å²) >= 11 is 1.46. The fourth-order valence-corrected chi connectivity index (χ4v) is 4.51. The van der Waals surface area contributed by atoms with Crippen molar-refractivity contribution in [1.29, 1.82) is 0 Å². The molecular formula is C24H21NO3S. The molecule has 2 aromatic carbocycles. The summed E-state index contributed by atoms with van der Waals surface area (Å²) in [5, 5.41) is 13.0. The van der Waals surface area contributed by atoms with E-state index in [-0.39, 0.29) is 11.3 Å². The zero-order chi connectivity index (χ0) is 20.5. The van der Waals surface area contributed by atoms with E-state index in [9.17, 15) is 14.7 Å². The summed E-state index contributed by atoms with van der Waals surface area (Å²) in [6.07, 6.45) is 0.883. The van der Waals surface area contributed by atoms with E-state index in [2.05, 4.69) is 6.92 Å². The van der Waals surface area contributed by atoms with E-state index < -0.39 is 17.7 Å². The average Bonchev–Trinajstić information content (AvgIpc) is 3.35. The average molecular weight is 404 g/mol. The summed E-state index contributed by atoms with van der Waals surface area (Å²) in [5.74, 6) is -1.42. The van der Waals surface area contributed by atoms with E-state index >= 15 is 0 Å². The van der Waals surface area contributed by atoms with Crippen LogP contribution in [0.15, 0.2) is 71.6 Å². The molecule has 1 unspecified atom stereocenters. The number of aliphatic hydroxyl groups is 1. The Kier molecular flexibility index (Phi) is 5.07. The van der Waals surface area contributed by atoms with Crippen molar-refractivity contribution in [2.24, 2.45) is 0 Å². The van der Waals surface area contributed by atoms with Gasteiger partial charge in [0.15, 0.2) is 0 Å². The summed E-state index contributed by atoms with van der Waals surface area (Å²) in [5.41, 5.74) is 3.37. The number of aryl methyl sites for hydroxylation is 2. The molecule has 1 aliphatic heterocycles. The van der Waals surface area contributed by atoms with Gasteiger partial charge in [0.05, 0.1) is 5.57 Å². The Labute approximate surface area is 173 Å². The number of nitrogens with zero attached hydrogens (tertiary/aromatic N) is 1. The number of carbonyl (C=O) groups excluding carboxylic acids is 2. The zero-order valence-corrected chi connectivity index (χ0v) is 17.1. The molecule has 4 nitrogen and oxygen atoms in total. The maximum atomic E-state index is 13.0. The molecule has 1 atom stereocenters. The Morgan fingerprint density at radius 2 is 1.76 bits per heavy atom. The normalized spacial score (nSPS) is 18.4. The topological polar surface area (TPSA) is 57.6 Å². The lowest BCUT2D eigenvalue weighted by molar-refractivity contribution is -0.132. The first-order valence-corrected chi connectivity index (χ1v) is 10.4. The summed E-state index contributed by atoms with van der Waals surface area (Å²) < 4.78 is 0. The third-order valence-corrected chi connectivity index (χ3v) is 6.19. The lowest BCUT2D eigenvalue weighted by Gasteiger charge is -2.25. The van der Waals surface area contributed by atoms with E-state index in [0.717, 1.165) is 22.4 Å². The molecule has 1 amide bonds. The molecule has 29 heavy (non-hydrogen) atoms. The second-order valence-electron chi connectivity index (χ2n) is 7.02. The van der Waals surface area contributed by atoms with Crippen molar-refractivity contribution >= 4 is 34.5 Å². The predicted octanol–water partition coefficient (Wildman–Crippen LogP) is 5.25. The van der Waals surface area contributed by atoms with Crippen LogP contribution in [0.1, 0.15) is 34.5 Å². The van der Waals surface area contributed by atoms with E-state index in [0.29, 0.717) is 11.3 Å². The van der Waals surface area contributed by atoms with E-state index in [1.54, 1.807) is 12.1 Å². The Hall–Kier alpha value is -3.18. The molecule has 0 spiro atoms. The van der Waals surface area contributed by atoms with Gasteiger partial charge in [-0.3, -0.25) is 14.5 Å². The van der Waals surface area contributed by atoms with Crippen molar-refractivity contribution in [2.45, 2.75) is 26.3 Å². The van der Waals surface area contributed by atoms with Gasteiger partial charge in [0.2, 0.25) is 0 Å². The maximum Gasteiger partial charge on any atom is 0.300 e. The minimum Gasteiger partial charge on any atom is -0.507 e. The number of carbonyl (C=O) groups is 2. The van der Waals surface area contributed by atoms with Crippen LogP contribution in [0.3, 0.4) is 0 Å². The standard InChI is InChI=1S/C24H21NO3S/c1-3-16-10-12-17(13-11-16)22(26)20-21(19-9-6-14-29-19)25(24(28)23(20)27)18-8-5-4-7-15(18)2/h4-14,21,26H,3H2,1-2H3/b22-20-. The van der Waals surface area contributed by atoms with Crippen molar-refractivity contribution in [1.82, 2.24) is 0 Å². The first kappa shape index (κ1) is 19.2. The van der Waals surface area contributed by atoms with Crippen LogP contribution in [0.4, 0.5) is 5.69 Å². The molecular weight excluding hydrogens is 382 g/mol. The van der Waals surface area contributed by atoms with Crippen LogP contribution >= 0.6 is 11.3 Å². The zero-order valence-electron chi connectivity index (χ0n) is 16.3. The third-order valence-electron chi connectivity index (χ3n) is 5.27. The number of ketones is 1. The van der Waals surface area contributed by atoms with Gasteiger partial charge >= 0.3 is 0 Å². The SMILES string of the molecule is CCc1ccc(/C(O)=C2/C(=O)C(=O)N(c3ccccc3C)C2c2cccs2)cc1. The van der Waals surface area contributed by atoms with Crippen molar-refractivity contribution in [2.75, 3.05) is 4.90 Å². The molecule has 1 aromatic heterocycles.